The summed E-state index contributed by atoms with van der Waals surface area (Å²) in [5, 5.41) is 19.8. The molecule has 0 spiro atoms. The number of carbonyl (C=O) groups excluding carboxylic acids is 1. The Kier molecular flexibility index (Phi) is 3.97. The highest BCUT2D eigenvalue weighted by atomic mass is 79.9. The van der Waals surface area contributed by atoms with E-state index in [1.165, 1.54) is 17.0 Å². The van der Waals surface area contributed by atoms with Gasteiger partial charge in [0.1, 0.15) is 5.54 Å². The fourth-order valence-electron chi connectivity index (χ4n) is 2.14. The van der Waals surface area contributed by atoms with Crippen LogP contribution in [0.5, 0.6) is 0 Å². The number of carboxylic acids is 1. The van der Waals surface area contributed by atoms with Gasteiger partial charge in [0.2, 0.25) is 0 Å². The molecule has 1 amide bonds. The third-order valence-electron chi connectivity index (χ3n) is 3.41. The van der Waals surface area contributed by atoms with Crippen LogP contribution in [0.3, 0.4) is 0 Å². The van der Waals surface area contributed by atoms with E-state index in [0.717, 1.165) is 6.07 Å². The number of amides is 1. The number of hydrogen-bond acceptors (Lipinski definition) is 5. The standard InChI is InChI=1S/C12H12BrN3O5/c13-9-2-1-7(16(20)21)5-8(9)10(17)15-4-3-12(14,6-15)11(18)19/h1-2,5H,3-4,6,14H2,(H,18,19). The molecule has 0 saturated carbocycles. The molecule has 1 aliphatic heterocycles. The fourth-order valence-corrected chi connectivity index (χ4v) is 2.56. The number of non-ortho nitro benzene ring substituents is 1. The highest BCUT2D eigenvalue weighted by Crippen LogP contribution is 2.27. The molecular formula is C12H12BrN3O5. The molecule has 1 aliphatic rings. The molecule has 1 aromatic rings. The Bertz CT molecular complexity index is 635. The van der Waals surface area contributed by atoms with Crippen LogP contribution in [0.4, 0.5) is 5.69 Å². The summed E-state index contributed by atoms with van der Waals surface area (Å²) in [5.41, 5.74) is 4.14. The van der Waals surface area contributed by atoms with Crippen LogP contribution < -0.4 is 5.73 Å². The number of likely N-dealkylation sites (tertiary alicyclic amines) is 1. The van der Waals surface area contributed by atoms with Gasteiger partial charge in [0.15, 0.2) is 0 Å². The number of carboxylic acid groups (broad SMARTS) is 1. The zero-order chi connectivity index (χ0) is 15.8. The number of hydrogen-bond donors (Lipinski definition) is 2. The Morgan fingerprint density at radius 3 is 2.67 bits per heavy atom. The van der Waals surface area contributed by atoms with Crippen molar-refractivity contribution in [1.82, 2.24) is 4.90 Å². The third kappa shape index (κ3) is 2.88. The van der Waals surface area contributed by atoms with E-state index in [2.05, 4.69) is 15.9 Å². The number of nitro benzene ring substituents is 1. The Morgan fingerprint density at radius 1 is 1.48 bits per heavy atom. The van der Waals surface area contributed by atoms with Crippen molar-refractivity contribution in [2.45, 2.75) is 12.0 Å². The van der Waals surface area contributed by atoms with Gasteiger partial charge < -0.3 is 15.7 Å². The topological polar surface area (TPSA) is 127 Å². The maximum Gasteiger partial charge on any atom is 0.325 e. The smallest absolute Gasteiger partial charge is 0.325 e. The zero-order valence-corrected chi connectivity index (χ0v) is 12.4. The Labute approximate surface area is 127 Å². The number of rotatable bonds is 3. The minimum atomic E-state index is -1.47. The molecule has 1 saturated heterocycles. The van der Waals surface area contributed by atoms with Crippen LogP contribution in [0.15, 0.2) is 22.7 Å². The van der Waals surface area contributed by atoms with E-state index in [1.54, 1.807) is 0 Å². The average Bonchev–Trinajstić information content (AvgIpc) is 2.82. The van der Waals surface area contributed by atoms with E-state index in [4.69, 9.17) is 10.8 Å². The molecule has 112 valence electrons. The molecule has 21 heavy (non-hydrogen) atoms. The lowest BCUT2D eigenvalue weighted by Gasteiger charge is -2.20. The monoisotopic (exact) mass is 357 g/mol. The van der Waals surface area contributed by atoms with Crippen LogP contribution in [-0.4, -0.2) is 45.4 Å². The summed E-state index contributed by atoms with van der Waals surface area (Å²) in [7, 11) is 0. The van der Waals surface area contributed by atoms with Gasteiger partial charge in [0.05, 0.1) is 10.5 Å². The maximum atomic E-state index is 12.4. The van der Waals surface area contributed by atoms with Gasteiger partial charge in [-0.2, -0.15) is 0 Å². The van der Waals surface area contributed by atoms with Gasteiger partial charge in [-0.05, 0) is 28.4 Å². The molecule has 1 aromatic carbocycles. The van der Waals surface area contributed by atoms with Crippen molar-refractivity contribution < 1.29 is 19.6 Å². The quantitative estimate of drug-likeness (QED) is 0.613. The molecule has 1 heterocycles. The van der Waals surface area contributed by atoms with Gasteiger partial charge in [-0.1, -0.05) is 0 Å². The van der Waals surface area contributed by atoms with Crippen LogP contribution >= 0.6 is 15.9 Å². The summed E-state index contributed by atoms with van der Waals surface area (Å²) >= 11 is 3.17. The molecule has 8 nitrogen and oxygen atoms in total. The second-order valence-corrected chi connectivity index (χ2v) is 5.71. The number of nitro groups is 1. The molecule has 2 rings (SSSR count). The van der Waals surface area contributed by atoms with Crippen LogP contribution in [0.2, 0.25) is 0 Å². The van der Waals surface area contributed by atoms with E-state index in [-0.39, 0.29) is 30.8 Å². The number of nitrogens with zero attached hydrogens (tertiary/aromatic N) is 2. The molecule has 0 radical (unpaired) electrons. The van der Waals surface area contributed by atoms with Crippen LogP contribution in [0, 0.1) is 10.1 Å². The van der Waals surface area contributed by atoms with Crippen LogP contribution in [0.1, 0.15) is 16.8 Å². The molecule has 0 aromatic heterocycles. The first-order chi connectivity index (χ1) is 9.74. The van der Waals surface area contributed by atoms with Crippen molar-refractivity contribution in [2.24, 2.45) is 5.73 Å². The number of benzene rings is 1. The second-order valence-electron chi connectivity index (χ2n) is 4.86. The third-order valence-corrected chi connectivity index (χ3v) is 4.10. The van der Waals surface area contributed by atoms with Gasteiger partial charge >= 0.3 is 5.97 Å². The van der Waals surface area contributed by atoms with Gasteiger partial charge in [-0.15, -0.1) is 0 Å². The number of halogens is 1. The predicted octanol–water partition coefficient (Wildman–Crippen LogP) is 0.985. The Hall–Kier alpha value is -2.00. The number of nitrogens with two attached hydrogens (primary N) is 1. The predicted molar refractivity (Wildman–Crippen MR) is 75.9 cm³/mol. The van der Waals surface area contributed by atoms with Gasteiger partial charge in [-0.3, -0.25) is 19.7 Å². The summed E-state index contributed by atoms with van der Waals surface area (Å²) in [6.45, 7) is 0.0626. The van der Waals surface area contributed by atoms with E-state index in [0.29, 0.717) is 4.47 Å². The Morgan fingerprint density at radius 2 is 2.14 bits per heavy atom. The minimum absolute atomic E-state index is 0.110. The van der Waals surface area contributed by atoms with Crippen molar-refractivity contribution >= 4 is 33.5 Å². The van der Waals surface area contributed by atoms with E-state index < -0.39 is 22.3 Å². The number of aliphatic carboxylic acids is 1. The molecule has 0 bridgehead atoms. The molecule has 1 fully saturated rings. The van der Waals surface area contributed by atoms with Gasteiger partial charge in [-0.25, -0.2) is 0 Å². The Balaban J connectivity index is 2.28. The van der Waals surface area contributed by atoms with Crippen molar-refractivity contribution in [3.8, 4) is 0 Å². The normalized spacial score (nSPS) is 21.3. The van der Waals surface area contributed by atoms with Crippen LogP contribution in [0.25, 0.3) is 0 Å². The number of carbonyl (C=O) groups is 2. The zero-order valence-electron chi connectivity index (χ0n) is 10.8. The first kappa shape index (κ1) is 15.4. The molecule has 1 atom stereocenters. The summed E-state index contributed by atoms with van der Waals surface area (Å²) < 4.78 is 0.406. The largest absolute Gasteiger partial charge is 0.480 e. The lowest BCUT2D eigenvalue weighted by molar-refractivity contribution is -0.384. The van der Waals surface area contributed by atoms with Crippen LogP contribution in [-0.2, 0) is 4.79 Å². The summed E-state index contributed by atoms with van der Waals surface area (Å²) in [5.74, 6) is -1.66. The molecule has 1 unspecified atom stereocenters. The first-order valence-electron chi connectivity index (χ1n) is 6.00. The van der Waals surface area contributed by atoms with E-state index in [1.807, 2.05) is 0 Å². The highest BCUT2D eigenvalue weighted by Gasteiger charge is 2.43. The van der Waals surface area contributed by atoms with Crippen molar-refractivity contribution in [3.05, 3.63) is 38.3 Å². The van der Waals surface area contributed by atoms with Crippen molar-refractivity contribution in [3.63, 3.8) is 0 Å². The molecule has 3 N–H and O–H groups in total. The first-order valence-corrected chi connectivity index (χ1v) is 6.79. The summed E-state index contributed by atoms with van der Waals surface area (Å²) in [6, 6.07) is 3.84. The van der Waals surface area contributed by atoms with Gasteiger partial charge in [0.25, 0.3) is 11.6 Å². The van der Waals surface area contributed by atoms with E-state index in [9.17, 15) is 19.7 Å². The minimum Gasteiger partial charge on any atom is -0.480 e. The second kappa shape index (κ2) is 5.41. The van der Waals surface area contributed by atoms with Gasteiger partial charge in [0, 0.05) is 29.7 Å². The maximum absolute atomic E-state index is 12.4. The lowest BCUT2D eigenvalue weighted by Crippen LogP contribution is -2.50. The summed E-state index contributed by atoms with van der Waals surface area (Å²) in [4.78, 5) is 34.9. The molecule has 0 aliphatic carbocycles. The molecule has 9 heteroatoms. The SMILES string of the molecule is NC1(C(=O)O)CCN(C(=O)c2cc([N+](=O)[O-])ccc2Br)C1. The van der Waals surface area contributed by atoms with Crippen molar-refractivity contribution in [1.29, 1.82) is 0 Å². The highest BCUT2D eigenvalue weighted by molar-refractivity contribution is 9.10. The fraction of sp³-hybridized carbons (Fsp3) is 0.333. The lowest BCUT2D eigenvalue weighted by atomic mass is 10.0. The van der Waals surface area contributed by atoms with E-state index >= 15 is 0 Å². The van der Waals surface area contributed by atoms with Crippen molar-refractivity contribution in [2.75, 3.05) is 13.1 Å². The summed E-state index contributed by atoms with van der Waals surface area (Å²) in [6.07, 6.45) is 0.140. The molecular weight excluding hydrogens is 346 g/mol. The average molecular weight is 358 g/mol.